The summed E-state index contributed by atoms with van der Waals surface area (Å²) in [5.74, 6) is 1.46. The molecule has 6 heteroatoms. The van der Waals surface area contributed by atoms with Gasteiger partial charge in [0.15, 0.2) is 16.6 Å². The van der Waals surface area contributed by atoms with Crippen LogP contribution < -0.4 is 14.8 Å². The van der Waals surface area contributed by atoms with Gasteiger partial charge in [0.25, 0.3) is 0 Å². The fourth-order valence-electron chi connectivity index (χ4n) is 2.42. The molecule has 1 aromatic heterocycles. The molecule has 0 aliphatic rings. The molecule has 2 aromatic carbocycles. The summed E-state index contributed by atoms with van der Waals surface area (Å²) in [6.07, 6.45) is 2.08. The molecule has 0 bridgehead atoms. The maximum Gasteiger partial charge on any atom is 0.183 e. The number of nitrogens with zero attached hydrogens (tertiary/aromatic N) is 1. The minimum atomic E-state index is 0.679. The number of nitrogens with one attached hydrogen (secondary N) is 1. The number of anilines is 1. The topological polar surface area (TPSA) is 43.4 Å². The zero-order chi connectivity index (χ0) is 17.6. The molecular formula is C19H20N2O2S2. The van der Waals surface area contributed by atoms with Crippen LogP contribution in [0.25, 0.3) is 11.3 Å². The summed E-state index contributed by atoms with van der Waals surface area (Å²) < 4.78 is 10.6. The largest absolute Gasteiger partial charge is 0.493 e. The normalized spacial score (nSPS) is 10.5. The van der Waals surface area contributed by atoms with Gasteiger partial charge in [0, 0.05) is 22.4 Å². The Morgan fingerprint density at radius 1 is 1.04 bits per heavy atom. The van der Waals surface area contributed by atoms with Crippen LogP contribution in [0.15, 0.2) is 52.7 Å². The quantitative estimate of drug-likeness (QED) is 0.580. The van der Waals surface area contributed by atoms with Crippen LogP contribution in [0.4, 0.5) is 5.13 Å². The number of benzene rings is 2. The van der Waals surface area contributed by atoms with Crippen LogP contribution in [0.5, 0.6) is 11.5 Å². The molecule has 0 saturated carbocycles. The Labute approximate surface area is 156 Å². The number of methoxy groups -OCH3 is 2. The number of aromatic nitrogens is 1. The first-order chi connectivity index (χ1) is 12.2. The van der Waals surface area contributed by atoms with Crippen molar-refractivity contribution in [2.75, 3.05) is 25.8 Å². The van der Waals surface area contributed by atoms with Crippen molar-refractivity contribution in [2.24, 2.45) is 0 Å². The van der Waals surface area contributed by atoms with Gasteiger partial charge in [-0.25, -0.2) is 4.98 Å². The minimum Gasteiger partial charge on any atom is -0.493 e. The summed E-state index contributed by atoms with van der Waals surface area (Å²) in [6, 6.07) is 14.4. The van der Waals surface area contributed by atoms with Crippen LogP contribution in [0.1, 0.15) is 5.56 Å². The summed E-state index contributed by atoms with van der Waals surface area (Å²) in [5.41, 5.74) is 3.24. The Bertz CT molecular complexity index is 832. The van der Waals surface area contributed by atoms with Crippen LogP contribution in [-0.2, 0) is 6.54 Å². The second-order valence-electron chi connectivity index (χ2n) is 5.31. The number of thioether (sulfide) groups is 1. The molecule has 0 unspecified atom stereocenters. The van der Waals surface area contributed by atoms with Crippen molar-refractivity contribution in [3.05, 3.63) is 53.4 Å². The molecule has 4 nitrogen and oxygen atoms in total. The highest BCUT2D eigenvalue weighted by Crippen LogP contribution is 2.29. The first kappa shape index (κ1) is 17.6. The first-order valence-electron chi connectivity index (χ1n) is 7.78. The lowest BCUT2D eigenvalue weighted by Crippen LogP contribution is -2.00. The second-order valence-corrected chi connectivity index (χ2v) is 7.05. The van der Waals surface area contributed by atoms with Crippen molar-refractivity contribution in [1.82, 2.24) is 4.98 Å². The van der Waals surface area contributed by atoms with E-state index in [9.17, 15) is 0 Å². The van der Waals surface area contributed by atoms with Gasteiger partial charge in [-0.2, -0.15) is 0 Å². The predicted octanol–water partition coefficient (Wildman–Crippen LogP) is 5.16. The average Bonchev–Trinajstić information content (AvgIpc) is 3.15. The zero-order valence-electron chi connectivity index (χ0n) is 14.4. The van der Waals surface area contributed by atoms with Crippen LogP contribution >= 0.6 is 23.1 Å². The molecule has 3 aromatic rings. The molecule has 130 valence electrons. The molecular weight excluding hydrogens is 352 g/mol. The molecule has 1 heterocycles. The number of ether oxygens (including phenoxy) is 2. The van der Waals surface area contributed by atoms with Crippen molar-refractivity contribution in [3.8, 4) is 22.8 Å². The third kappa shape index (κ3) is 4.27. The Balaban J connectivity index is 1.67. The van der Waals surface area contributed by atoms with E-state index in [-0.39, 0.29) is 0 Å². The van der Waals surface area contributed by atoms with E-state index in [0.29, 0.717) is 6.54 Å². The lowest BCUT2D eigenvalue weighted by Gasteiger charge is -2.09. The molecule has 0 aliphatic carbocycles. The molecule has 0 saturated heterocycles. The molecule has 0 amide bonds. The lowest BCUT2D eigenvalue weighted by atomic mass is 10.2. The van der Waals surface area contributed by atoms with Gasteiger partial charge in [0.1, 0.15) is 0 Å². The molecule has 0 spiro atoms. The van der Waals surface area contributed by atoms with Gasteiger partial charge in [0.05, 0.1) is 19.9 Å². The van der Waals surface area contributed by atoms with E-state index >= 15 is 0 Å². The fourth-order valence-corrected chi connectivity index (χ4v) is 3.54. The molecule has 3 rings (SSSR count). The Morgan fingerprint density at radius 3 is 2.48 bits per heavy atom. The van der Waals surface area contributed by atoms with Crippen LogP contribution in [-0.4, -0.2) is 25.5 Å². The highest BCUT2D eigenvalue weighted by atomic mass is 32.2. The summed E-state index contributed by atoms with van der Waals surface area (Å²) in [4.78, 5) is 5.93. The monoisotopic (exact) mass is 372 g/mol. The van der Waals surface area contributed by atoms with Crippen molar-refractivity contribution in [1.29, 1.82) is 0 Å². The second kappa shape index (κ2) is 8.27. The standard InChI is InChI=1S/C19H20N2O2S2/c1-22-17-9-4-13(10-18(17)23-2)11-20-19-21-16(12-25-19)14-5-7-15(24-3)8-6-14/h4-10,12H,11H2,1-3H3,(H,20,21). The van der Waals surface area contributed by atoms with Crippen LogP contribution in [0.3, 0.4) is 0 Å². The number of rotatable bonds is 7. The van der Waals surface area contributed by atoms with Crippen LogP contribution in [0, 0.1) is 0 Å². The summed E-state index contributed by atoms with van der Waals surface area (Å²) >= 11 is 3.35. The fraction of sp³-hybridized carbons (Fsp3) is 0.211. The van der Waals surface area contributed by atoms with E-state index in [1.54, 1.807) is 37.3 Å². The predicted molar refractivity (Wildman–Crippen MR) is 106 cm³/mol. The minimum absolute atomic E-state index is 0.679. The third-order valence-electron chi connectivity index (χ3n) is 3.78. The van der Waals surface area contributed by atoms with E-state index in [2.05, 4.69) is 46.2 Å². The SMILES string of the molecule is COc1ccc(CNc2nc(-c3ccc(SC)cc3)cs2)cc1OC. The Kier molecular flexibility index (Phi) is 5.83. The van der Waals surface area contributed by atoms with Crippen molar-refractivity contribution in [2.45, 2.75) is 11.4 Å². The van der Waals surface area contributed by atoms with E-state index in [0.717, 1.165) is 33.5 Å². The summed E-state index contributed by atoms with van der Waals surface area (Å²) in [6.45, 7) is 0.679. The van der Waals surface area contributed by atoms with Crippen molar-refractivity contribution < 1.29 is 9.47 Å². The Morgan fingerprint density at radius 2 is 1.80 bits per heavy atom. The van der Waals surface area contributed by atoms with Gasteiger partial charge in [0.2, 0.25) is 0 Å². The first-order valence-corrected chi connectivity index (χ1v) is 9.88. The van der Waals surface area contributed by atoms with Gasteiger partial charge in [-0.05, 0) is 36.1 Å². The molecule has 0 aliphatic heterocycles. The van der Waals surface area contributed by atoms with E-state index in [4.69, 9.17) is 9.47 Å². The summed E-state index contributed by atoms with van der Waals surface area (Å²) in [7, 11) is 3.28. The number of hydrogen-bond acceptors (Lipinski definition) is 6. The molecule has 1 N–H and O–H groups in total. The van der Waals surface area contributed by atoms with Crippen molar-refractivity contribution in [3.63, 3.8) is 0 Å². The molecule has 25 heavy (non-hydrogen) atoms. The van der Waals surface area contributed by atoms with Gasteiger partial charge in [-0.15, -0.1) is 23.1 Å². The van der Waals surface area contributed by atoms with Gasteiger partial charge >= 0.3 is 0 Å². The maximum absolute atomic E-state index is 5.34. The number of thiazole rings is 1. The van der Waals surface area contributed by atoms with Crippen molar-refractivity contribution >= 4 is 28.2 Å². The summed E-state index contributed by atoms with van der Waals surface area (Å²) in [5, 5.41) is 6.35. The van der Waals surface area contributed by atoms with Gasteiger partial charge in [-0.1, -0.05) is 18.2 Å². The highest BCUT2D eigenvalue weighted by Gasteiger charge is 2.07. The smallest absolute Gasteiger partial charge is 0.183 e. The highest BCUT2D eigenvalue weighted by molar-refractivity contribution is 7.98. The molecule has 0 radical (unpaired) electrons. The zero-order valence-corrected chi connectivity index (χ0v) is 16.0. The third-order valence-corrected chi connectivity index (χ3v) is 5.33. The van der Waals surface area contributed by atoms with E-state index in [1.807, 2.05) is 18.2 Å². The molecule has 0 atom stereocenters. The lowest BCUT2D eigenvalue weighted by molar-refractivity contribution is 0.354. The number of hydrogen-bond donors (Lipinski definition) is 1. The van der Waals surface area contributed by atoms with Crippen LogP contribution in [0.2, 0.25) is 0 Å². The average molecular weight is 373 g/mol. The molecule has 0 fully saturated rings. The van der Waals surface area contributed by atoms with E-state index in [1.165, 1.54) is 4.90 Å². The van der Waals surface area contributed by atoms with Gasteiger partial charge < -0.3 is 14.8 Å². The maximum atomic E-state index is 5.34. The van der Waals surface area contributed by atoms with E-state index < -0.39 is 0 Å². The van der Waals surface area contributed by atoms with Gasteiger partial charge in [-0.3, -0.25) is 0 Å². The Hall–Kier alpha value is -2.18.